The molecule has 0 unspecified atom stereocenters. The topological polar surface area (TPSA) is 82.7 Å². The molecule has 0 saturated carbocycles. The van der Waals surface area contributed by atoms with Crippen molar-refractivity contribution in [1.82, 2.24) is 9.97 Å². The molecule has 1 N–H and O–H groups in total. The van der Waals surface area contributed by atoms with Gasteiger partial charge in [-0.1, -0.05) is 6.07 Å². The summed E-state index contributed by atoms with van der Waals surface area (Å²) in [5.74, 6) is 0.539. The van der Waals surface area contributed by atoms with E-state index >= 15 is 0 Å². The van der Waals surface area contributed by atoms with Crippen LogP contribution in [0.2, 0.25) is 0 Å². The van der Waals surface area contributed by atoms with Crippen LogP contribution < -0.4 is 5.56 Å². The van der Waals surface area contributed by atoms with E-state index in [4.69, 9.17) is 9.68 Å². The molecule has 0 bridgehead atoms. The summed E-state index contributed by atoms with van der Waals surface area (Å²) in [5, 5.41) is 9.17. The summed E-state index contributed by atoms with van der Waals surface area (Å²) in [6, 6.07) is 10.7. The molecule has 0 amide bonds. The van der Waals surface area contributed by atoms with Crippen molar-refractivity contribution < 1.29 is 4.42 Å². The molecule has 0 saturated heterocycles. The Balaban J connectivity index is 2.28. The predicted molar refractivity (Wildman–Crippen MR) is 72.7 cm³/mol. The van der Waals surface area contributed by atoms with Gasteiger partial charge in [-0.3, -0.25) is 9.78 Å². The molecule has 20 heavy (non-hydrogen) atoms. The number of nitrogens with zero attached hydrogens (tertiary/aromatic N) is 2. The van der Waals surface area contributed by atoms with Gasteiger partial charge in [0.15, 0.2) is 0 Å². The fraction of sp³-hybridized carbons (Fsp3) is 0. The summed E-state index contributed by atoms with van der Waals surface area (Å²) in [4.78, 5) is 18.7. The lowest BCUT2D eigenvalue weighted by molar-refractivity contribution is 0.580. The zero-order valence-electron chi connectivity index (χ0n) is 10.3. The Bertz CT molecular complexity index is 828. The van der Waals surface area contributed by atoms with E-state index in [-0.39, 0.29) is 5.56 Å². The fourth-order valence-corrected chi connectivity index (χ4v) is 1.99. The number of pyridine rings is 2. The summed E-state index contributed by atoms with van der Waals surface area (Å²) >= 11 is 0. The maximum absolute atomic E-state index is 12.0. The quantitative estimate of drug-likeness (QED) is 0.770. The number of furan rings is 1. The molecule has 0 aliphatic rings. The van der Waals surface area contributed by atoms with Crippen LogP contribution in [0, 0.1) is 11.3 Å². The fourth-order valence-electron chi connectivity index (χ4n) is 1.99. The normalized spacial score (nSPS) is 10.2. The number of nitriles is 1. The number of H-pyrrole nitrogens is 1. The van der Waals surface area contributed by atoms with Crippen molar-refractivity contribution in [1.29, 1.82) is 5.26 Å². The second-order valence-electron chi connectivity index (χ2n) is 4.13. The van der Waals surface area contributed by atoms with Crippen LogP contribution in [0.25, 0.3) is 22.6 Å². The molecule has 0 atom stereocenters. The molecule has 3 heterocycles. The van der Waals surface area contributed by atoms with E-state index in [1.807, 2.05) is 6.07 Å². The van der Waals surface area contributed by atoms with E-state index in [9.17, 15) is 4.79 Å². The van der Waals surface area contributed by atoms with Gasteiger partial charge in [-0.2, -0.15) is 5.26 Å². The summed E-state index contributed by atoms with van der Waals surface area (Å²) in [6.45, 7) is 0. The highest BCUT2D eigenvalue weighted by molar-refractivity contribution is 5.73. The van der Waals surface area contributed by atoms with Crippen molar-refractivity contribution in [2.45, 2.75) is 0 Å². The van der Waals surface area contributed by atoms with E-state index in [2.05, 4.69) is 9.97 Å². The number of hydrogen-bond donors (Lipinski definition) is 1. The minimum absolute atomic E-state index is 0.0632. The van der Waals surface area contributed by atoms with Crippen LogP contribution in [0.3, 0.4) is 0 Å². The van der Waals surface area contributed by atoms with Gasteiger partial charge in [-0.15, -0.1) is 0 Å². The SMILES string of the molecule is N#Cc1c(-c2cccnc2)cc(-c2ccco2)[nH]c1=O. The molecule has 0 aromatic carbocycles. The monoisotopic (exact) mass is 263 g/mol. The molecule has 0 fully saturated rings. The van der Waals surface area contributed by atoms with Gasteiger partial charge in [0.1, 0.15) is 17.4 Å². The lowest BCUT2D eigenvalue weighted by Gasteiger charge is -2.05. The lowest BCUT2D eigenvalue weighted by atomic mass is 10.0. The Morgan fingerprint density at radius 2 is 2.20 bits per heavy atom. The standard InChI is InChI=1S/C15H9N3O2/c16-8-12-11(10-3-1-5-17-9-10)7-13(18-15(12)19)14-4-2-6-20-14/h1-7,9H,(H,18,19). The molecular formula is C15H9N3O2. The van der Waals surface area contributed by atoms with Gasteiger partial charge in [0.25, 0.3) is 5.56 Å². The zero-order chi connectivity index (χ0) is 13.9. The average Bonchev–Trinajstić information content (AvgIpc) is 3.01. The van der Waals surface area contributed by atoms with Crippen molar-refractivity contribution >= 4 is 0 Å². The molecule has 3 rings (SSSR count). The van der Waals surface area contributed by atoms with Crippen molar-refractivity contribution in [2.75, 3.05) is 0 Å². The van der Waals surface area contributed by atoms with Crippen LogP contribution in [0.15, 0.2) is 58.2 Å². The molecule has 5 nitrogen and oxygen atoms in total. The third kappa shape index (κ3) is 1.99. The second-order valence-corrected chi connectivity index (χ2v) is 4.13. The van der Waals surface area contributed by atoms with Crippen LogP contribution in [0.5, 0.6) is 0 Å². The van der Waals surface area contributed by atoms with Crippen molar-refractivity contribution in [3.05, 3.63) is 64.9 Å². The molecule has 0 spiro atoms. The van der Waals surface area contributed by atoms with Gasteiger partial charge in [0, 0.05) is 23.5 Å². The maximum atomic E-state index is 12.0. The lowest BCUT2D eigenvalue weighted by Crippen LogP contribution is -2.12. The summed E-state index contributed by atoms with van der Waals surface area (Å²) < 4.78 is 5.27. The minimum atomic E-state index is -0.444. The van der Waals surface area contributed by atoms with Gasteiger partial charge < -0.3 is 9.40 Å². The number of hydrogen-bond acceptors (Lipinski definition) is 4. The third-order valence-electron chi connectivity index (χ3n) is 2.90. The zero-order valence-corrected chi connectivity index (χ0v) is 10.3. The van der Waals surface area contributed by atoms with Crippen LogP contribution in [-0.2, 0) is 0 Å². The van der Waals surface area contributed by atoms with E-state index in [0.717, 1.165) is 0 Å². The first kappa shape index (κ1) is 11.9. The van der Waals surface area contributed by atoms with Crippen LogP contribution in [-0.4, -0.2) is 9.97 Å². The van der Waals surface area contributed by atoms with Gasteiger partial charge in [0.05, 0.1) is 12.0 Å². The molecule has 5 heteroatoms. The van der Waals surface area contributed by atoms with Crippen LogP contribution >= 0.6 is 0 Å². The number of nitrogens with one attached hydrogen (secondary N) is 1. The van der Waals surface area contributed by atoms with Gasteiger partial charge >= 0.3 is 0 Å². The second kappa shape index (κ2) is 4.86. The van der Waals surface area contributed by atoms with Crippen molar-refractivity contribution in [3.8, 4) is 28.7 Å². The summed E-state index contributed by atoms with van der Waals surface area (Å²) in [7, 11) is 0. The molecule has 0 aliphatic carbocycles. The van der Waals surface area contributed by atoms with Gasteiger partial charge in [-0.05, 0) is 24.3 Å². The number of rotatable bonds is 2. The first-order chi connectivity index (χ1) is 9.79. The Morgan fingerprint density at radius 3 is 2.85 bits per heavy atom. The molecule has 3 aromatic rings. The maximum Gasteiger partial charge on any atom is 0.267 e. The smallest absolute Gasteiger partial charge is 0.267 e. The van der Waals surface area contributed by atoms with E-state index in [1.54, 1.807) is 42.7 Å². The number of aromatic nitrogens is 2. The molecular weight excluding hydrogens is 254 g/mol. The van der Waals surface area contributed by atoms with Gasteiger partial charge in [0.2, 0.25) is 0 Å². The summed E-state index contributed by atoms with van der Waals surface area (Å²) in [5.41, 5.74) is 1.39. The molecule has 0 radical (unpaired) electrons. The van der Waals surface area contributed by atoms with E-state index < -0.39 is 5.56 Å². The van der Waals surface area contributed by atoms with E-state index in [1.165, 1.54) is 6.26 Å². The Kier molecular flexibility index (Phi) is 2.90. The largest absolute Gasteiger partial charge is 0.463 e. The first-order valence-corrected chi connectivity index (χ1v) is 5.91. The van der Waals surface area contributed by atoms with Gasteiger partial charge in [-0.25, -0.2) is 0 Å². The average molecular weight is 263 g/mol. The highest BCUT2D eigenvalue weighted by Crippen LogP contribution is 2.25. The Morgan fingerprint density at radius 1 is 1.30 bits per heavy atom. The summed E-state index contributed by atoms with van der Waals surface area (Å²) in [6.07, 6.45) is 4.77. The Labute approximate surface area is 114 Å². The first-order valence-electron chi connectivity index (χ1n) is 5.91. The predicted octanol–water partition coefficient (Wildman–Crippen LogP) is 2.57. The molecule has 3 aromatic heterocycles. The van der Waals surface area contributed by atoms with Crippen molar-refractivity contribution in [2.24, 2.45) is 0 Å². The number of aromatic amines is 1. The van der Waals surface area contributed by atoms with Crippen molar-refractivity contribution in [3.63, 3.8) is 0 Å². The molecule has 96 valence electrons. The highest BCUT2D eigenvalue weighted by atomic mass is 16.3. The Hall–Kier alpha value is -3.13. The van der Waals surface area contributed by atoms with Crippen LogP contribution in [0.4, 0.5) is 0 Å². The highest BCUT2D eigenvalue weighted by Gasteiger charge is 2.13. The minimum Gasteiger partial charge on any atom is -0.463 e. The third-order valence-corrected chi connectivity index (χ3v) is 2.90. The van der Waals surface area contributed by atoms with Crippen LogP contribution in [0.1, 0.15) is 5.56 Å². The van der Waals surface area contributed by atoms with E-state index in [0.29, 0.717) is 22.6 Å². The molecule has 0 aliphatic heterocycles.